The SMILES string of the molecule is CC1(C(N)Cc2cc(F)ccc2Cl)CCCO1. The number of hydrogen-bond acceptors (Lipinski definition) is 2. The molecule has 1 heterocycles. The number of hydrogen-bond donors (Lipinski definition) is 1. The summed E-state index contributed by atoms with van der Waals surface area (Å²) in [6, 6.07) is 4.20. The summed E-state index contributed by atoms with van der Waals surface area (Å²) in [6.45, 7) is 2.76. The number of ether oxygens (including phenoxy) is 1. The average Bonchev–Trinajstić information content (AvgIpc) is 2.72. The third kappa shape index (κ3) is 2.79. The molecule has 0 amide bonds. The summed E-state index contributed by atoms with van der Waals surface area (Å²) in [7, 11) is 0. The van der Waals surface area contributed by atoms with E-state index in [1.807, 2.05) is 6.92 Å². The summed E-state index contributed by atoms with van der Waals surface area (Å²) in [5.74, 6) is -0.283. The molecule has 0 radical (unpaired) electrons. The van der Waals surface area contributed by atoms with Gasteiger partial charge in [-0.2, -0.15) is 0 Å². The van der Waals surface area contributed by atoms with Gasteiger partial charge in [0.2, 0.25) is 0 Å². The molecule has 1 aromatic rings. The molecular weight excluding hydrogens is 241 g/mol. The molecule has 0 spiro atoms. The largest absolute Gasteiger partial charge is 0.374 e. The smallest absolute Gasteiger partial charge is 0.123 e. The van der Waals surface area contributed by atoms with Crippen molar-refractivity contribution in [3.8, 4) is 0 Å². The molecule has 94 valence electrons. The Bertz CT molecular complexity index is 404. The maximum absolute atomic E-state index is 13.1. The maximum Gasteiger partial charge on any atom is 0.123 e. The van der Waals surface area contributed by atoms with Crippen molar-refractivity contribution < 1.29 is 9.13 Å². The Morgan fingerprint density at radius 1 is 1.59 bits per heavy atom. The first kappa shape index (κ1) is 12.8. The third-order valence-electron chi connectivity index (χ3n) is 3.48. The van der Waals surface area contributed by atoms with E-state index in [-0.39, 0.29) is 17.5 Å². The Balaban J connectivity index is 2.12. The Morgan fingerprint density at radius 2 is 2.35 bits per heavy atom. The van der Waals surface area contributed by atoms with Crippen LogP contribution in [0.3, 0.4) is 0 Å². The van der Waals surface area contributed by atoms with E-state index < -0.39 is 0 Å². The molecule has 0 bridgehead atoms. The van der Waals surface area contributed by atoms with Crippen LogP contribution in [0.4, 0.5) is 4.39 Å². The molecule has 2 rings (SSSR count). The van der Waals surface area contributed by atoms with Crippen LogP contribution in [0.1, 0.15) is 25.3 Å². The second kappa shape index (κ2) is 4.92. The molecule has 0 aromatic heterocycles. The van der Waals surface area contributed by atoms with Gasteiger partial charge < -0.3 is 10.5 Å². The summed E-state index contributed by atoms with van der Waals surface area (Å²) in [5.41, 5.74) is 6.59. The van der Waals surface area contributed by atoms with E-state index in [4.69, 9.17) is 22.1 Å². The van der Waals surface area contributed by atoms with Crippen molar-refractivity contribution in [3.05, 3.63) is 34.6 Å². The zero-order valence-electron chi connectivity index (χ0n) is 9.88. The van der Waals surface area contributed by atoms with Crippen molar-refractivity contribution in [2.24, 2.45) is 5.73 Å². The van der Waals surface area contributed by atoms with Gasteiger partial charge in [-0.3, -0.25) is 0 Å². The lowest BCUT2D eigenvalue weighted by Crippen LogP contribution is -2.46. The molecule has 0 saturated carbocycles. The lowest BCUT2D eigenvalue weighted by atomic mass is 9.89. The van der Waals surface area contributed by atoms with Crippen molar-refractivity contribution in [3.63, 3.8) is 0 Å². The van der Waals surface area contributed by atoms with E-state index in [9.17, 15) is 4.39 Å². The summed E-state index contributed by atoms with van der Waals surface area (Å²) in [5, 5.41) is 0.559. The topological polar surface area (TPSA) is 35.2 Å². The van der Waals surface area contributed by atoms with E-state index in [1.54, 1.807) is 6.07 Å². The second-order valence-electron chi connectivity index (χ2n) is 4.81. The van der Waals surface area contributed by atoms with Crippen LogP contribution < -0.4 is 5.73 Å². The lowest BCUT2D eigenvalue weighted by Gasteiger charge is -2.30. The number of rotatable bonds is 3. The molecule has 1 saturated heterocycles. The molecule has 1 aliphatic heterocycles. The predicted octanol–water partition coefficient (Wildman–Crippen LogP) is 2.92. The van der Waals surface area contributed by atoms with Gasteiger partial charge in [0.1, 0.15) is 5.82 Å². The van der Waals surface area contributed by atoms with Gasteiger partial charge in [-0.05, 0) is 49.9 Å². The predicted molar refractivity (Wildman–Crippen MR) is 66.7 cm³/mol. The van der Waals surface area contributed by atoms with Crippen molar-refractivity contribution in [2.45, 2.75) is 37.8 Å². The van der Waals surface area contributed by atoms with Crippen molar-refractivity contribution in [1.82, 2.24) is 0 Å². The molecule has 2 atom stereocenters. The fourth-order valence-electron chi connectivity index (χ4n) is 2.25. The first-order chi connectivity index (χ1) is 8.01. The lowest BCUT2D eigenvalue weighted by molar-refractivity contribution is -0.000913. The Labute approximate surface area is 106 Å². The standard InChI is InChI=1S/C13H17ClFNO/c1-13(5-2-6-17-13)12(16)8-9-7-10(15)3-4-11(9)14/h3-4,7,12H,2,5-6,8,16H2,1H3. The first-order valence-electron chi connectivity index (χ1n) is 5.85. The average molecular weight is 258 g/mol. The van der Waals surface area contributed by atoms with Gasteiger partial charge in [0.25, 0.3) is 0 Å². The van der Waals surface area contributed by atoms with Gasteiger partial charge in [-0.25, -0.2) is 4.39 Å². The highest BCUT2D eigenvalue weighted by Gasteiger charge is 2.36. The summed E-state index contributed by atoms with van der Waals surface area (Å²) in [6.07, 6.45) is 2.51. The first-order valence-corrected chi connectivity index (χ1v) is 6.22. The molecule has 2 nitrogen and oxygen atoms in total. The zero-order valence-corrected chi connectivity index (χ0v) is 10.6. The maximum atomic E-state index is 13.1. The molecule has 1 aromatic carbocycles. The molecule has 0 aliphatic carbocycles. The Hall–Kier alpha value is -0.640. The second-order valence-corrected chi connectivity index (χ2v) is 5.22. The van der Waals surface area contributed by atoms with E-state index in [0.717, 1.165) is 25.0 Å². The molecule has 2 unspecified atom stereocenters. The normalized spacial score (nSPS) is 26.1. The minimum atomic E-state index is -0.310. The van der Waals surface area contributed by atoms with Gasteiger partial charge in [0, 0.05) is 17.7 Å². The Morgan fingerprint density at radius 3 is 3.00 bits per heavy atom. The van der Waals surface area contributed by atoms with Crippen LogP contribution in [0, 0.1) is 5.82 Å². The fraction of sp³-hybridized carbons (Fsp3) is 0.538. The van der Waals surface area contributed by atoms with E-state index in [1.165, 1.54) is 12.1 Å². The van der Waals surface area contributed by atoms with E-state index in [2.05, 4.69) is 0 Å². The van der Waals surface area contributed by atoms with Crippen LogP contribution >= 0.6 is 11.6 Å². The van der Waals surface area contributed by atoms with Gasteiger partial charge in [-0.15, -0.1) is 0 Å². The Kier molecular flexibility index (Phi) is 3.71. The molecule has 17 heavy (non-hydrogen) atoms. The summed E-state index contributed by atoms with van der Waals surface area (Å²) in [4.78, 5) is 0. The van der Waals surface area contributed by atoms with Gasteiger partial charge in [0.15, 0.2) is 0 Å². The minimum absolute atomic E-state index is 0.163. The molecule has 1 fully saturated rings. The molecule has 1 aliphatic rings. The fourth-order valence-corrected chi connectivity index (χ4v) is 2.44. The molecular formula is C13H17ClFNO. The minimum Gasteiger partial charge on any atom is -0.374 e. The number of nitrogens with two attached hydrogens (primary N) is 1. The summed E-state index contributed by atoms with van der Waals surface area (Å²) < 4.78 is 18.8. The third-order valence-corrected chi connectivity index (χ3v) is 3.85. The highest BCUT2D eigenvalue weighted by Crippen LogP contribution is 2.30. The van der Waals surface area contributed by atoms with Crippen molar-refractivity contribution in [1.29, 1.82) is 0 Å². The van der Waals surface area contributed by atoms with E-state index >= 15 is 0 Å². The van der Waals surface area contributed by atoms with Gasteiger partial charge in [-0.1, -0.05) is 11.6 Å². The van der Waals surface area contributed by atoms with Gasteiger partial charge >= 0.3 is 0 Å². The number of halogens is 2. The van der Waals surface area contributed by atoms with Crippen LogP contribution in [0.25, 0.3) is 0 Å². The quantitative estimate of drug-likeness (QED) is 0.904. The number of benzene rings is 1. The van der Waals surface area contributed by atoms with Crippen LogP contribution in [-0.4, -0.2) is 18.2 Å². The monoisotopic (exact) mass is 257 g/mol. The van der Waals surface area contributed by atoms with Crippen LogP contribution in [-0.2, 0) is 11.2 Å². The molecule has 4 heteroatoms. The van der Waals surface area contributed by atoms with Crippen molar-refractivity contribution >= 4 is 11.6 Å². The molecule has 2 N–H and O–H groups in total. The zero-order chi connectivity index (χ0) is 12.5. The van der Waals surface area contributed by atoms with Gasteiger partial charge in [0.05, 0.1) is 5.60 Å². The highest BCUT2D eigenvalue weighted by atomic mass is 35.5. The highest BCUT2D eigenvalue weighted by molar-refractivity contribution is 6.31. The van der Waals surface area contributed by atoms with Crippen LogP contribution in [0.15, 0.2) is 18.2 Å². The summed E-state index contributed by atoms with van der Waals surface area (Å²) >= 11 is 6.03. The van der Waals surface area contributed by atoms with E-state index in [0.29, 0.717) is 11.4 Å². The van der Waals surface area contributed by atoms with Crippen molar-refractivity contribution in [2.75, 3.05) is 6.61 Å². The van der Waals surface area contributed by atoms with Crippen LogP contribution in [0.5, 0.6) is 0 Å². The van der Waals surface area contributed by atoms with Crippen LogP contribution in [0.2, 0.25) is 5.02 Å².